The van der Waals surface area contributed by atoms with E-state index < -0.39 is 0 Å². The number of hydrogen-bond donors (Lipinski definition) is 0. The minimum absolute atomic E-state index is 0. The molecule has 4 aromatic rings. The second-order valence-electron chi connectivity index (χ2n) is 5.62. The fourth-order valence-corrected chi connectivity index (χ4v) is 2.98. The molecular weight excluding hydrogens is 426 g/mol. The molecule has 0 aliphatic rings. The second-order valence-corrected chi connectivity index (χ2v) is 6.43. The van der Waals surface area contributed by atoms with Crippen molar-refractivity contribution in [3.63, 3.8) is 0 Å². The molecule has 2 aromatic carbocycles. The zero-order valence-electron chi connectivity index (χ0n) is 14.0. The third kappa shape index (κ3) is 4.66. The molecule has 4 nitrogen and oxygen atoms in total. The first kappa shape index (κ1) is 21.3. The molecule has 0 fully saturated rings. The quantitative estimate of drug-likeness (QED) is 0.393. The smallest absolute Gasteiger partial charge is 0.140 e. The fraction of sp³-hybridized carbons (Fsp3) is 0.0526. The van der Waals surface area contributed by atoms with Gasteiger partial charge in [0.15, 0.2) is 0 Å². The molecule has 0 atom stereocenters. The minimum atomic E-state index is 0. The van der Waals surface area contributed by atoms with E-state index in [1.54, 1.807) is 18.6 Å². The molecule has 27 heavy (non-hydrogen) atoms. The lowest BCUT2D eigenvalue weighted by molar-refractivity contribution is 0.787. The average Bonchev–Trinajstić information content (AvgIpc) is 3.28. The Morgan fingerprint density at radius 1 is 0.889 bits per heavy atom. The highest BCUT2D eigenvalue weighted by Gasteiger charge is 2.08. The van der Waals surface area contributed by atoms with E-state index in [2.05, 4.69) is 14.5 Å². The molecule has 140 valence electrons. The van der Waals surface area contributed by atoms with Crippen molar-refractivity contribution >= 4 is 48.0 Å². The van der Waals surface area contributed by atoms with Crippen LogP contribution in [0.5, 0.6) is 0 Å². The minimum Gasteiger partial charge on any atom is -0.325 e. The van der Waals surface area contributed by atoms with E-state index in [9.17, 15) is 0 Å². The molecule has 4 rings (SSSR count). The van der Waals surface area contributed by atoms with Crippen molar-refractivity contribution in [1.82, 2.24) is 19.1 Å². The Morgan fingerprint density at radius 3 is 2.41 bits per heavy atom. The predicted molar refractivity (Wildman–Crippen MR) is 115 cm³/mol. The van der Waals surface area contributed by atoms with Crippen LogP contribution in [0.1, 0.15) is 5.69 Å². The largest absolute Gasteiger partial charge is 0.325 e. The molecule has 0 saturated carbocycles. The molecule has 0 saturated heterocycles. The van der Waals surface area contributed by atoms with Crippen LogP contribution in [-0.4, -0.2) is 19.1 Å². The number of rotatable bonds is 4. The molecule has 0 radical (unpaired) electrons. The molecular formula is C19H16Cl4N4. The number of nitrogens with zero attached hydrogens (tertiary/aromatic N) is 4. The maximum atomic E-state index is 6.10. The number of aromatic nitrogens is 4. The Balaban J connectivity index is 0.00000131. The maximum absolute atomic E-state index is 6.10. The van der Waals surface area contributed by atoms with Gasteiger partial charge in [-0.25, -0.2) is 9.97 Å². The topological polar surface area (TPSA) is 35.6 Å². The van der Waals surface area contributed by atoms with Crippen molar-refractivity contribution in [2.45, 2.75) is 6.54 Å². The Labute approximate surface area is 179 Å². The van der Waals surface area contributed by atoms with Crippen LogP contribution < -0.4 is 0 Å². The summed E-state index contributed by atoms with van der Waals surface area (Å²) in [5.74, 6) is 0.921. The summed E-state index contributed by atoms with van der Waals surface area (Å²) in [7, 11) is 0. The first-order valence-corrected chi connectivity index (χ1v) is 8.51. The van der Waals surface area contributed by atoms with Crippen LogP contribution in [0.4, 0.5) is 0 Å². The van der Waals surface area contributed by atoms with Crippen LogP contribution >= 0.6 is 48.0 Å². The standard InChI is InChI=1S/C19H14Cl2N4.2ClH/c20-17-7-6-16(10-18(17)21)25-12-15(23-13-25)11-24-9-8-22-19(24)14-4-2-1-3-5-14;;/h1-10,12-13H,11H2;2*1H. The SMILES string of the molecule is Cl.Cl.Clc1ccc(-n2cnc(Cn3ccnc3-c3ccccc3)c2)cc1Cl. The van der Waals surface area contributed by atoms with Gasteiger partial charge in [-0.3, -0.25) is 0 Å². The molecule has 0 unspecified atom stereocenters. The van der Waals surface area contributed by atoms with E-state index >= 15 is 0 Å². The van der Waals surface area contributed by atoms with E-state index in [0.29, 0.717) is 16.6 Å². The van der Waals surface area contributed by atoms with Crippen LogP contribution in [0, 0.1) is 0 Å². The van der Waals surface area contributed by atoms with E-state index in [0.717, 1.165) is 22.8 Å². The van der Waals surface area contributed by atoms with Gasteiger partial charge in [-0.05, 0) is 18.2 Å². The summed E-state index contributed by atoms with van der Waals surface area (Å²) in [5.41, 5.74) is 2.93. The molecule has 0 amide bonds. The van der Waals surface area contributed by atoms with Crippen LogP contribution in [0.3, 0.4) is 0 Å². The van der Waals surface area contributed by atoms with Gasteiger partial charge in [0.05, 0.1) is 28.6 Å². The predicted octanol–water partition coefficient (Wildman–Crippen LogP) is 5.93. The van der Waals surface area contributed by atoms with Crippen molar-refractivity contribution in [1.29, 1.82) is 0 Å². The zero-order valence-corrected chi connectivity index (χ0v) is 17.1. The van der Waals surface area contributed by atoms with Gasteiger partial charge in [-0.1, -0.05) is 53.5 Å². The Morgan fingerprint density at radius 2 is 1.67 bits per heavy atom. The lowest BCUT2D eigenvalue weighted by Gasteiger charge is -2.06. The van der Waals surface area contributed by atoms with E-state index in [1.165, 1.54) is 0 Å². The number of imidazole rings is 2. The highest BCUT2D eigenvalue weighted by atomic mass is 35.5. The first-order valence-electron chi connectivity index (χ1n) is 7.75. The summed E-state index contributed by atoms with van der Waals surface area (Å²) in [4.78, 5) is 8.96. The van der Waals surface area contributed by atoms with Crippen molar-refractivity contribution in [3.05, 3.63) is 89.2 Å². The maximum Gasteiger partial charge on any atom is 0.140 e. The summed E-state index contributed by atoms with van der Waals surface area (Å²) in [6.07, 6.45) is 7.52. The van der Waals surface area contributed by atoms with Crippen LogP contribution in [0.15, 0.2) is 73.4 Å². The zero-order chi connectivity index (χ0) is 17.2. The van der Waals surface area contributed by atoms with Crippen LogP contribution in [-0.2, 0) is 6.54 Å². The van der Waals surface area contributed by atoms with Gasteiger partial charge in [-0.15, -0.1) is 24.8 Å². The van der Waals surface area contributed by atoms with E-state index in [4.69, 9.17) is 23.2 Å². The third-order valence-corrected chi connectivity index (χ3v) is 4.66. The molecule has 0 aliphatic carbocycles. The summed E-state index contributed by atoms with van der Waals surface area (Å²) in [5, 5.41) is 1.06. The van der Waals surface area contributed by atoms with Crippen molar-refractivity contribution in [2.24, 2.45) is 0 Å². The lowest BCUT2D eigenvalue weighted by atomic mass is 10.2. The molecule has 2 aromatic heterocycles. The van der Waals surface area contributed by atoms with Crippen LogP contribution in [0.2, 0.25) is 10.0 Å². The van der Waals surface area contributed by atoms with Crippen LogP contribution in [0.25, 0.3) is 17.1 Å². The summed E-state index contributed by atoms with van der Waals surface area (Å²) >= 11 is 12.1. The van der Waals surface area contributed by atoms with Gasteiger partial charge < -0.3 is 9.13 Å². The van der Waals surface area contributed by atoms with Gasteiger partial charge >= 0.3 is 0 Å². The van der Waals surface area contributed by atoms with Crippen molar-refractivity contribution in [2.75, 3.05) is 0 Å². The Kier molecular flexibility index (Phi) is 7.33. The van der Waals surface area contributed by atoms with Crippen molar-refractivity contribution < 1.29 is 0 Å². The number of benzene rings is 2. The Hall–Kier alpha value is -1.98. The molecule has 2 heterocycles. The van der Waals surface area contributed by atoms with Gasteiger partial charge in [-0.2, -0.15) is 0 Å². The molecule has 0 spiro atoms. The summed E-state index contributed by atoms with van der Waals surface area (Å²) in [6, 6.07) is 15.6. The fourth-order valence-electron chi connectivity index (χ4n) is 2.69. The number of hydrogen-bond acceptors (Lipinski definition) is 2. The highest BCUT2D eigenvalue weighted by Crippen LogP contribution is 2.24. The van der Waals surface area contributed by atoms with Crippen molar-refractivity contribution in [3.8, 4) is 17.1 Å². The summed E-state index contributed by atoms with van der Waals surface area (Å²) in [6.45, 7) is 0.637. The molecule has 8 heteroatoms. The number of halogens is 4. The molecule has 0 N–H and O–H groups in total. The highest BCUT2D eigenvalue weighted by molar-refractivity contribution is 6.42. The monoisotopic (exact) mass is 440 g/mol. The van der Waals surface area contributed by atoms with E-state index in [-0.39, 0.29) is 24.8 Å². The lowest BCUT2D eigenvalue weighted by Crippen LogP contribution is -2.01. The van der Waals surface area contributed by atoms with Gasteiger partial charge in [0, 0.05) is 29.8 Å². The second kappa shape index (κ2) is 9.29. The van der Waals surface area contributed by atoms with Gasteiger partial charge in [0.1, 0.15) is 5.82 Å². The Bertz CT molecular complexity index is 1010. The van der Waals surface area contributed by atoms with Gasteiger partial charge in [0.2, 0.25) is 0 Å². The van der Waals surface area contributed by atoms with Gasteiger partial charge in [0.25, 0.3) is 0 Å². The third-order valence-electron chi connectivity index (χ3n) is 3.92. The first-order chi connectivity index (χ1) is 12.2. The molecule has 0 aliphatic heterocycles. The normalized spacial score (nSPS) is 10.1. The van der Waals surface area contributed by atoms with E-state index in [1.807, 2.05) is 59.4 Å². The molecule has 0 bridgehead atoms. The summed E-state index contributed by atoms with van der Waals surface area (Å²) < 4.78 is 4.01. The average molecular weight is 442 g/mol.